The zero-order chi connectivity index (χ0) is 21.2. The van der Waals surface area contributed by atoms with E-state index in [1.54, 1.807) is 30.3 Å². The summed E-state index contributed by atoms with van der Waals surface area (Å²) in [5.41, 5.74) is 0.624. The maximum atomic E-state index is 12.4. The molecule has 11 nitrogen and oxygen atoms in total. The summed E-state index contributed by atoms with van der Waals surface area (Å²) < 4.78 is 22.8. The van der Waals surface area contributed by atoms with Crippen molar-refractivity contribution in [2.75, 3.05) is 18.1 Å². The number of sulfone groups is 1. The van der Waals surface area contributed by atoms with Crippen LogP contribution in [0.1, 0.15) is 12.0 Å². The zero-order valence-corrected chi connectivity index (χ0v) is 16.0. The number of hydrogen-bond acceptors (Lipinski definition) is 7. The molecule has 0 aliphatic carbocycles. The van der Waals surface area contributed by atoms with Crippen LogP contribution in [-0.4, -0.2) is 72.1 Å². The zero-order valence-electron chi connectivity index (χ0n) is 15.2. The van der Waals surface area contributed by atoms with Crippen LogP contribution in [0.25, 0.3) is 0 Å². The molecule has 0 aromatic heterocycles. The predicted octanol–water partition coefficient (Wildman–Crippen LogP) is -1.01. The highest BCUT2D eigenvalue weighted by molar-refractivity contribution is 7.91. The van der Waals surface area contributed by atoms with Gasteiger partial charge in [0.2, 0.25) is 5.91 Å². The molecule has 0 spiro atoms. The van der Waals surface area contributed by atoms with Crippen LogP contribution in [-0.2, 0) is 30.8 Å². The highest BCUT2D eigenvalue weighted by Crippen LogP contribution is 2.16. The molecule has 0 unspecified atom stereocenters. The Bertz CT molecular complexity index is 977. The lowest BCUT2D eigenvalue weighted by atomic mass is 10.2. The molecule has 1 aromatic rings. The van der Waals surface area contributed by atoms with Crippen LogP contribution in [0.4, 0.5) is 9.59 Å². The Balaban J connectivity index is 1.55. The van der Waals surface area contributed by atoms with Gasteiger partial charge in [0.05, 0.1) is 18.1 Å². The Morgan fingerprint density at radius 2 is 1.69 bits per heavy atom. The number of benzene rings is 1. The summed E-state index contributed by atoms with van der Waals surface area (Å²) >= 11 is 0. The van der Waals surface area contributed by atoms with E-state index < -0.39 is 52.2 Å². The second kappa shape index (κ2) is 7.99. The van der Waals surface area contributed by atoms with Crippen LogP contribution < -0.4 is 10.6 Å². The fourth-order valence-electron chi connectivity index (χ4n) is 3.04. The summed E-state index contributed by atoms with van der Waals surface area (Å²) in [4.78, 5) is 61.5. The minimum absolute atomic E-state index is 0.0535. The molecule has 7 amide bonds. The maximum absolute atomic E-state index is 12.4. The number of rotatable bonds is 5. The fraction of sp³-hybridized carbons (Fsp3) is 0.353. The monoisotopic (exact) mass is 422 g/mol. The Hall–Kier alpha value is -3.28. The maximum Gasteiger partial charge on any atom is 0.335 e. The number of hydrogen-bond donors (Lipinski definition) is 2. The molecule has 2 saturated heterocycles. The van der Waals surface area contributed by atoms with E-state index in [2.05, 4.69) is 5.32 Å². The largest absolute Gasteiger partial charge is 0.335 e. The molecule has 2 fully saturated rings. The first-order valence-electron chi connectivity index (χ1n) is 8.68. The van der Waals surface area contributed by atoms with Crippen molar-refractivity contribution >= 4 is 39.6 Å². The minimum atomic E-state index is -3.21. The number of carbonyl (C=O) groups excluding carboxylic acids is 5. The highest BCUT2D eigenvalue weighted by Gasteiger charge is 2.45. The topological polar surface area (TPSA) is 150 Å². The summed E-state index contributed by atoms with van der Waals surface area (Å²) in [5, 5.41) is 4.27. The van der Waals surface area contributed by atoms with E-state index in [1.807, 2.05) is 5.32 Å². The second-order valence-electron chi connectivity index (χ2n) is 6.67. The average molecular weight is 422 g/mol. The van der Waals surface area contributed by atoms with E-state index in [4.69, 9.17) is 0 Å². The molecule has 2 aliphatic heterocycles. The van der Waals surface area contributed by atoms with E-state index in [-0.39, 0.29) is 24.5 Å². The van der Waals surface area contributed by atoms with Gasteiger partial charge in [-0.25, -0.2) is 22.9 Å². The fourth-order valence-corrected chi connectivity index (χ4v) is 4.71. The van der Waals surface area contributed by atoms with Gasteiger partial charge in [0.1, 0.15) is 6.54 Å². The molecule has 0 saturated carbocycles. The first kappa shape index (κ1) is 20.5. The number of imide groups is 3. The summed E-state index contributed by atoms with van der Waals surface area (Å²) in [6.07, 6.45) is 0.232. The smallest absolute Gasteiger partial charge is 0.334 e. The van der Waals surface area contributed by atoms with Crippen LogP contribution in [0.15, 0.2) is 30.3 Å². The third-order valence-corrected chi connectivity index (χ3v) is 6.21. The third-order valence-electron chi connectivity index (χ3n) is 4.44. The van der Waals surface area contributed by atoms with Crippen molar-refractivity contribution < 1.29 is 32.4 Å². The van der Waals surface area contributed by atoms with Gasteiger partial charge in [0.25, 0.3) is 0 Å². The van der Waals surface area contributed by atoms with Crippen molar-refractivity contribution in [2.45, 2.75) is 19.0 Å². The van der Waals surface area contributed by atoms with Crippen molar-refractivity contribution in [1.29, 1.82) is 0 Å². The number of urea groups is 2. The summed E-state index contributed by atoms with van der Waals surface area (Å²) in [6, 6.07) is 6.01. The van der Waals surface area contributed by atoms with Crippen molar-refractivity contribution in [3.63, 3.8) is 0 Å². The van der Waals surface area contributed by atoms with Gasteiger partial charge >= 0.3 is 23.9 Å². The summed E-state index contributed by atoms with van der Waals surface area (Å²) in [5.74, 6) is -3.49. The molecule has 3 rings (SSSR count). The molecule has 0 bridgehead atoms. The van der Waals surface area contributed by atoms with Crippen LogP contribution in [0.3, 0.4) is 0 Å². The lowest BCUT2D eigenvalue weighted by Crippen LogP contribution is -2.49. The lowest BCUT2D eigenvalue weighted by molar-refractivity contribution is -0.144. The number of carbonyl (C=O) groups is 5. The normalized spacial score (nSPS) is 20.8. The van der Waals surface area contributed by atoms with Crippen LogP contribution in [0, 0.1) is 0 Å². The number of nitrogens with zero attached hydrogens (tertiary/aromatic N) is 2. The van der Waals surface area contributed by atoms with E-state index >= 15 is 0 Å². The molecule has 154 valence electrons. The Morgan fingerprint density at radius 1 is 1.03 bits per heavy atom. The van der Waals surface area contributed by atoms with Crippen molar-refractivity contribution in [3.05, 3.63) is 35.9 Å². The Kier molecular flexibility index (Phi) is 5.64. The molecule has 12 heteroatoms. The van der Waals surface area contributed by atoms with Gasteiger partial charge in [0, 0.05) is 6.04 Å². The highest BCUT2D eigenvalue weighted by atomic mass is 32.2. The first-order chi connectivity index (χ1) is 13.7. The quantitative estimate of drug-likeness (QED) is 0.456. The van der Waals surface area contributed by atoms with Gasteiger partial charge in [-0.15, -0.1) is 0 Å². The van der Waals surface area contributed by atoms with E-state index in [1.165, 1.54) is 0 Å². The van der Waals surface area contributed by atoms with Gasteiger partial charge in [-0.3, -0.25) is 24.6 Å². The Morgan fingerprint density at radius 3 is 2.31 bits per heavy atom. The molecule has 0 radical (unpaired) electrons. The Labute approximate surface area is 165 Å². The minimum Gasteiger partial charge on any atom is -0.334 e. The van der Waals surface area contributed by atoms with Gasteiger partial charge in [-0.05, 0) is 12.0 Å². The van der Waals surface area contributed by atoms with E-state index in [9.17, 15) is 32.4 Å². The average Bonchev–Trinajstić information content (AvgIpc) is 3.09. The standard InChI is InChI=1S/C17H18N4O7S/c22-13(19-16(25)18-12-6-7-29(27,28)10-12)9-21-15(24)14(23)20(17(21)26)8-11-4-2-1-3-5-11/h1-5,12H,6-10H2,(H2,18,19,22,25)/t12-/m1/s1. The predicted molar refractivity (Wildman–Crippen MR) is 97.8 cm³/mol. The van der Waals surface area contributed by atoms with Gasteiger partial charge in [-0.2, -0.15) is 0 Å². The van der Waals surface area contributed by atoms with Crippen molar-refractivity contribution in [1.82, 2.24) is 20.4 Å². The van der Waals surface area contributed by atoms with Crippen molar-refractivity contribution in [3.8, 4) is 0 Å². The molecule has 1 atom stereocenters. The molecular weight excluding hydrogens is 404 g/mol. The number of amides is 7. The molecular formula is C17H18N4O7S. The van der Waals surface area contributed by atoms with Crippen LogP contribution in [0.5, 0.6) is 0 Å². The SMILES string of the molecule is O=C(CN1C(=O)C(=O)N(Cc2ccccc2)C1=O)NC(=O)N[C@@H]1CCS(=O)(=O)C1. The molecule has 2 aliphatic rings. The van der Waals surface area contributed by atoms with E-state index in [0.29, 0.717) is 15.4 Å². The van der Waals surface area contributed by atoms with Gasteiger partial charge in [-0.1, -0.05) is 30.3 Å². The molecule has 2 N–H and O–H groups in total. The van der Waals surface area contributed by atoms with Crippen LogP contribution >= 0.6 is 0 Å². The molecule has 29 heavy (non-hydrogen) atoms. The van der Waals surface area contributed by atoms with Gasteiger partial charge in [0.15, 0.2) is 9.84 Å². The number of nitrogens with one attached hydrogen (secondary N) is 2. The van der Waals surface area contributed by atoms with Crippen molar-refractivity contribution in [2.24, 2.45) is 0 Å². The second-order valence-corrected chi connectivity index (χ2v) is 8.90. The van der Waals surface area contributed by atoms with E-state index in [0.717, 1.165) is 0 Å². The van der Waals surface area contributed by atoms with Crippen LogP contribution in [0.2, 0.25) is 0 Å². The molecule has 2 heterocycles. The lowest BCUT2D eigenvalue weighted by Gasteiger charge is -2.16. The first-order valence-corrected chi connectivity index (χ1v) is 10.5. The molecule has 1 aromatic carbocycles. The third kappa shape index (κ3) is 4.77. The summed E-state index contributed by atoms with van der Waals surface area (Å²) in [7, 11) is -3.21. The van der Waals surface area contributed by atoms with Gasteiger partial charge < -0.3 is 5.32 Å². The summed E-state index contributed by atoms with van der Waals surface area (Å²) in [6.45, 7) is -0.940.